The van der Waals surface area contributed by atoms with E-state index in [1.165, 1.54) is 0 Å². The van der Waals surface area contributed by atoms with E-state index in [1.807, 2.05) is 0 Å². The second-order valence-corrected chi connectivity index (χ2v) is 4.84. The van der Waals surface area contributed by atoms with Crippen LogP contribution in [0.3, 0.4) is 0 Å². The van der Waals surface area contributed by atoms with Crippen molar-refractivity contribution in [2.24, 2.45) is 0 Å². The molecule has 2 rings (SSSR count). The molecule has 3 nitrogen and oxygen atoms in total. The average Bonchev–Trinajstić information content (AvgIpc) is 2.36. The first-order valence-electron chi connectivity index (χ1n) is 3.51. The van der Waals surface area contributed by atoms with Crippen molar-refractivity contribution in [3.8, 4) is 0 Å². The number of halogens is 1. The number of hydrogen-bond donors (Lipinski definition) is 0. The van der Waals surface area contributed by atoms with E-state index in [0.29, 0.717) is 13.2 Å². The maximum Gasteiger partial charge on any atom is 0.158 e. The SMILES string of the molecule is COC1(c2ncsc2Br)COC1. The summed E-state index contributed by atoms with van der Waals surface area (Å²) in [6.45, 7) is 1.21. The molecule has 1 aromatic rings. The fraction of sp³-hybridized carbons (Fsp3) is 0.571. The van der Waals surface area contributed by atoms with Gasteiger partial charge in [0.05, 0.1) is 22.5 Å². The lowest BCUT2D eigenvalue weighted by Crippen LogP contribution is -2.48. The highest BCUT2D eigenvalue weighted by Gasteiger charge is 2.43. The van der Waals surface area contributed by atoms with Crippen LogP contribution < -0.4 is 0 Å². The second-order valence-electron chi connectivity index (χ2n) is 2.67. The summed E-state index contributed by atoms with van der Waals surface area (Å²) in [4.78, 5) is 4.25. The van der Waals surface area contributed by atoms with E-state index in [0.717, 1.165) is 9.48 Å². The van der Waals surface area contributed by atoms with Gasteiger partial charge in [0.1, 0.15) is 5.69 Å². The van der Waals surface area contributed by atoms with Gasteiger partial charge in [0.2, 0.25) is 0 Å². The van der Waals surface area contributed by atoms with Crippen LogP contribution in [0.2, 0.25) is 0 Å². The molecule has 0 N–H and O–H groups in total. The minimum atomic E-state index is -0.293. The smallest absolute Gasteiger partial charge is 0.158 e. The third kappa shape index (κ3) is 1.12. The van der Waals surface area contributed by atoms with E-state index in [-0.39, 0.29) is 5.60 Å². The first-order valence-corrected chi connectivity index (χ1v) is 5.18. The van der Waals surface area contributed by atoms with E-state index >= 15 is 0 Å². The molecule has 66 valence electrons. The Labute approximate surface area is 82.8 Å². The molecule has 0 saturated carbocycles. The van der Waals surface area contributed by atoms with Gasteiger partial charge in [-0.2, -0.15) is 0 Å². The summed E-state index contributed by atoms with van der Waals surface area (Å²) in [7, 11) is 1.69. The molecule has 1 saturated heterocycles. The highest BCUT2D eigenvalue weighted by molar-refractivity contribution is 9.11. The van der Waals surface area contributed by atoms with Crippen LogP contribution in [0.4, 0.5) is 0 Å². The Morgan fingerprint density at radius 3 is 2.83 bits per heavy atom. The van der Waals surface area contributed by atoms with Crippen molar-refractivity contribution in [2.45, 2.75) is 5.60 Å². The lowest BCUT2D eigenvalue weighted by molar-refractivity contribution is -0.204. The Kier molecular flexibility index (Phi) is 2.20. The largest absolute Gasteiger partial charge is 0.374 e. The molecule has 2 heterocycles. The van der Waals surface area contributed by atoms with Gasteiger partial charge in [-0.15, -0.1) is 11.3 Å². The van der Waals surface area contributed by atoms with Crippen LogP contribution in [0.15, 0.2) is 9.30 Å². The zero-order valence-electron chi connectivity index (χ0n) is 6.54. The normalized spacial score (nSPS) is 20.5. The summed E-state index contributed by atoms with van der Waals surface area (Å²) in [6.07, 6.45) is 0. The minimum absolute atomic E-state index is 0.293. The topological polar surface area (TPSA) is 31.4 Å². The molecule has 0 aromatic carbocycles. The molecule has 1 aromatic heterocycles. The lowest BCUT2D eigenvalue weighted by atomic mass is 9.99. The van der Waals surface area contributed by atoms with E-state index in [4.69, 9.17) is 9.47 Å². The molecular weight excluding hydrogens is 242 g/mol. The van der Waals surface area contributed by atoms with Crippen molar-refractivity contribution in [1.29, 1.82) is 0 Å². The number of nitrogens with zero attached hydrogens (tertiary/aromatic N) is 1. The Morgan fingerprint density at radius 1 is 1.75 bits per heavy atom. The third-order valence-electron chi connectivity index (χ3n) is 2.02. The van der Waals surface area contributed by atoms with Crippen LogP contribution in [-0.2, 0) is 15.1 Å². The van der Waals surface area contributed by atoms with Gasteiger partial charge in [-0.25, -0.2) is 4.98 Å². The van der Waals surface area contributed by atoms with Crippen molar-refractivity contribution in [1.82, 2.24) is 4.98 Å². The molecule has 0 spiro atoms. The van der Waals surface area contributed by atoms with Gasteiger partial charge in [-0.3, -0.25) is 0 Å². The first kappa shape index (κ1) is 8.62. The molecule has 0 unspecified atom stereocenters. The quantitative estimate of drug-likeness (QED) is 0.801. The number of methoxy groups -OCH3 is 1. The summed E-state index contributed by atoms with van der Waals surface area (Å²) >= 11 is 5.00. The predicted molar refractivity (Wildman–Crippen MR) is 49.3 cm³/mol. The molecule has 5 heteroatoms. The Bertz CT molecular complexity index is 279. The Morgan fingerprint density at radius 2 is 2.50 bits per heavy atom. The number of hydrogen-bond acceptors (Lipinski definition) is 4. The summed E-state index contributed by atoms with van der Waals surface area (Å²) in [5.74, 6) is 0. The van der Waals surface area contributed by atoms with E-state index < -0.39 is 0 Å². The summed E-state index contributed by atoms with van der Waals surface area (Å²) in [5.41, 5.74) is 2.47. The highest BCUT2D eigenvalue weighted by Crippen LogP contribution is 2.37. The van der Waals surface area contributed by atoms with Crippen molar-refractivity contribution >= 4 is 27.3 Å². The van der Waals surface area contributed by atoms with Gasteiger partial charge >= 0.3 is 0 Å². The van der Waals surface area contributed by atoms with Gasteiger partial charge in [-0.1, -0.05) is 0 Å². The van der Waals surface area contributed by atoms with Crippen molar-refractivity contribution in [3.63, 3.8) is 0 Å². The third-order valence-corrected chi connectivity index (χ3v) is 3.56. The molecule has 1 aliphatic heterocycles. The van der Waals surface area contributed by atoms with Crippen molar-refractivity contribution in [3.05, 3.63) is 15.0 Å². The zero-order chi connectivity index (χ0) is 8.60. The van der Waals surface area contributed by atoms with Gasteiger partial charge in [0.15, 0.2) is 5.60 Å². The zero-order valence-corrected chi connectivity index (χ0v) is 8.94. The number of ether oxygens (including phenoxy) is 2. The molecule has 1 aliphatic rings. The monoisotopic (exact) mass is 249 g/mol. The number of aromatic nitrogens is 1. The van der Waals surface area contributed by atoms with Crippen LogP contribution >= 0.6 is 27.3 Å². The molecule has 1 fully saturated rings. The van der Waals surface area contributed by atoms with Gasteiger partial charge in [0, 0.05) is 7.11 Å². The van der Waals surface area contributed by atoms with E-state index in [2.05, 4.69) is 20.9 Å². The minimum Gasteiger partial charge on any atom is -0.374 e. The Hall–Kier alpha value is 0.0300. The average molecular weight is 250 g/mol. The fourth-order valence-electron chi connectivity index (χ4n) is 1.17. The van der Waals surface area contributed by atoms with Gasteiger partial charge in [0.25, 0.3) is 0 Å². The van der Waals surface area contributed by atoms with Crippen LogP contribution in [0.5, 0.6) is 0 Å². The van der Waals surface area contributed by atoms with Crippen LogP contribution in [0, 0.1) is 0 Å². The number of rotatable bonds is 2. The molecule has 0 radical (unpaired) electrons. The summed E-state index contributed by atoms with van der Waals surface area (Å²) < 4.78 is 11.5. The first-order chi connectivity index (χ1) is 5.78. The maximum atomic E-state index is 5.39. The maximum absolute atomic E-state index is 5.39. The van der Waals surface area contributed by atoms with Gasteiger partial charge in [-0.05, 0) is 15.9 Å². The fourth-order valence-corrected chi connectivity index (χ4v) is 2.48. The molecule has 0 aliphatic carbocycles. The number of thiazole rings is 1. The predicted octanol–water partition coefficient (Wildman–Crippen LogP) is 1.78. The molecular formula is C7H8BrNO2S. The van der Waals surface area contributed by atoms with Crippen molar-refractivity contribution < 1.29 is 9.47 Å². The molecule has 0 amide bonds. The molecule has 0 atom stereocenters. The van der Waals surface area contributed by atoms with Crippen LogP contribution in [0.25, 0.3) is 0 Å². The standard InChI is InChI=1S/C7H8BrNO2S/c1-10-7(2-11-3-7)5-6(8)12-4-9-5/h4H,2-3H2,1H3. The lowest BCUT2D eigenvalue weighted by Gasteiger charge is -2.38. The summed E-state index contributed by atoms with van der Waals surface area (Å²) in [5, 5.41) is 0. The summed E-state index contributed by atoms with van der Waals surface area (Å²) in [6, 6.07) is 0. The van der Waals surface area contributed by atoms with Crippen molar-refractivity contribution in [2.75, 3.05) is 20.3 Å². The Balaban J connectivity index is 2.33. The van der Waals surface area contributed by atoms with E-state index in [9.17, 15) is 0 Å². The molecule has 0 bridgehead atoms. The second kappa shape index (κ2) is 3.06. The van der Waals surface area contributed by atoms with E-state index in [1.54, 1.807) is 24.0 Å². The van der Waals surface area contributed by atoms with Crippen LogP contribution in [-0.4, -0.2) is 25.3 Å². The van der Waals surface area contributed by atoms with Crippen LogP contribution in [0.1, 0.15) is 5.69 Å². The van der Waals surface area contributed by atoms with Gasteiger partial charge < -0.3 is 9.47 Å². The molecule has 12 heavy (non-hydrogen) atoms. The highest BCUT2D eigenvalue weighted by atomic mass is 79.9.